The zero-order valence-electron chi connectivity index (χ0n) is 12.1. The molecule has 4 nitrogen and oxygen atoms in total. The molecular formula is C17H20N2O2. The van der Waals surface area contributed by atoms with E-state index in [2.05, 4.69) is 23.3 Å². The van der Waals surface area contributed by atoms with Gasteiger partial charge in [0.1, 0.15) is 11.5 Å². The van der Waals surface area contributed by atoms with Gasteiger partial charge in [0, 0.05) is 37.3 Å². The first-order valence-corrected chi connectivity index (χ1v) is 7.14. The maximum atomic E-state index is 9.42. The Kier molecular flexibility index (Phi) is 3.82. The van der Waals surface area contributed by atoms with E-state index < -0.39 is 0 Å². The van der Waals surface area contributed by atoms with Crippen LogP contribution in [0.2, 0.25) is 0 Å². The zero-order chi connectivity index (χ0) is 14.8. The minimum absolute atomic E-state index is 0.419. The fraction of sp³-hybridized carbons (Fsp3) is 0.294. The molecule has 0 amide bonds. The van der Waals surface area contributed by atoms with Crippen molar-refractivity contribution in [3.05, 3.63) is 58.7 Å². The van der Waals surface area contributed by atoms with Crippen LogP contribution in [0.3, 0.4) is 0 Å². The first kappa shape index (κ1) is 13.9. The lowest BCUT2D eigenvalue weighted by molar-refractivity contribution is 0.349. The second-order valence-corrected chi connectivity index (χ2v) is 5.61. The lowest BCUT2D eigenvalue weighted by Gasteiger charge is -2.03. The molecule has 0 saturated carbocycles. The first-order chi connectivity index (χ1) is 10.1. The van der Waals surface area contributed by atoms with E-state index in [0.717, 1.165) is 37.3 Å². The normalized spacial score (nSPS) is 16.0. The van der Waals surface area contributed by atoms with Gasteiger partial charge in [-0.1, -0.05) is 24.3 Å². The number of fused-ring (bicyclic) bond motifs is 2. The van der Waals surface area contributed by atoms with Crippen LogP contribution < -0.4 is 5.32 Å². The highest BCUT2D eigenvalue weighted by atomic mass is 16.3. The van der Waals surface area contributed by atoms with Gasteiger partial charge >= 0.3 is 0 Å². The Hall–Kier alpha value is -2.04. The average Bonchev–Trinajstić information content (AvgIpc) is 3.06. The van der Waals surface area contributed by atoms with E-state index in [1.807, 2.05) is 18.2 Å². The zero-order valence-corrected chi connectivity index (χ0v) is 12.1. The topological polar surface area (TPSA) is 55.7 Å². The summed E-state index contributed by atoms with van der Waals surface area (Å²) < 4.78 is 0. The highest BCUT2D eigenvalue weighted by Gasteiger charge is 2.17. The Bertz CT molecular complexity index is 655. The number of phenols is 2. The van der Waals surface area contributed by atoms with Crippen molar-refractivity contribution in [1.82, 2.24) is 10.2 Å². The molecule has 21 heavy (non-hydrogen) atoms. The minimum Gasteiger partial charge on any atom is -0.508 e. The lowest BCUT2D eigenvalue weighted by Crippen LogP contribution is -2.07. The number of hydrogen-bond donors (Lipinski definition) is 3. The SMILES string of the molecule is CN1Cc2cccc(O)c2C1.Oc1cccc2c1CNC2. The van der Waals surface area contributed by atoms with E-state index >= 15 is 0 Å². The number of hydrogen-bond acceptors (Lipinski definition) is 4. The maximum Gasteiger partial charge on any atom is 0.120 e. The molecule has 2 aliphatic heterocycles. The largest absolute Gasteiger partial charge is 0.508 e. The summed E-state index contributed by atoms with van der Waals surface area (Å²) in [6.45, 7) is 3.54. The molecule has 0 radical (unpaired) electrons. The Morgan fingerprint density at radius 3 is 2.19 bits per heavy atom. The van der Waals surface area contributed by atoms with E-state index in [1.54, 1.807) is 12.1 Å². The van der Waals surface area contributed by atoms with Crippen molar-refractivity contribution in [2.45, 2.75) is 26.2 Å². The summed E-state index contributed by atoms with van der Waals surface area (Å²) in [7, 11) is 2.06. The molecule has 4 heteroatoms. The minimum atomic E-state index is 0.419. The first-order valence-electron chi connectivity index (χ1n) is 7.14. The smallest absolute Gasteiger partial charge is 0.120 e. The molecule has 2 aliphatic rings. The van der Waals surface area contributed by atoms with Crippen molar-refractivity contribution in [3.63, 3.8) is 0 Å². The number of benzene rings is 2. The van der Waals surface area contributed by atoms with Crippen molar-refractivity contribution in [2.75, 3.05) is 7.05 Å². The van der Waals surface area contributed by atoms with Gasteiger partial charge in [0.25, 0.3) is 0 Å². The summed E-state index contributed by atoms with van der Waals surface area (Å²) in [5, 5.41) is 21.9. The van der Waals surface area contributed by atoms with E-state index in [9.17, 15) is 10.2 Å². The van der Waals surface area contributed by atoms with Crippen molar-refractivity contribution >= 4 is 0 Å². The van der Waals surface area contributed by atoms with Gasteiger partial charge in [-0.2, -0.15) is 0 Å². The Balaban J connectivity index is 0.000000126. The van der Waals surface area contributed by atoms with Crippen molar-refractivity contribution in [1.29, 1.82) is 0 Å². The molecule has 0 unspecified atom stereocenters. The third-order valence-corrected chi connectivity index (χ3v) is 3.98. The van der Waals surface area contributed by atoms with Gasteiger partial charge < -0.3 is 15.5 Å². The number of nitrogens with zero attached hydrogens (tertiary/aromatic N) is 1. The van der Waals surface area contributed by atoms with E-state index in [-0.39, 0.29) is 0 Å². The predicted molar refractivity (Wildman–Crippen MR) is 81.9 cm³/mol. The molecule has 4 rings (SSSR count). The standard InChI is InChI=1S/C9H11NO.C8H9NO/c1-10-5-7-3-2-4-9(11)8(7)6-10;10-8-3-1-2-6-4-9-5-7(6)8/h2-4,11H,5-6H2,1H3;1-3,9-10H,4-5H2. The molecule has 0 atom stereocenters. The lowest BCUT2D eigenvalue weighted by atomic mass is 10.1. The van der Waals surface area contributed by atoms with Crippen LogP contribution in [0.5, 0.6) is 11.5 Å². The molecule has 0 bridgehead atoms. The van der Waals surface area contributed by atoms with E-state index in [4.69, 9.17) is 0 Å². The van der Waals surface area contributed by atoms with Gasteiger partial charge in [-0.3, -0.25) is 4.90 Å². The fourth-order valence-electron chi connectivity index (χ4n) is 2.88. The number of nitrogens with one attached hydrogen (secondary N) is 1. The summed E-state index contributed by atoms with van der Waals surface area (Å²) >= 11 is 0. The molecule has 2 heterocycles. The molecule has 2 aromatic rings. The van der Waals surface area contributed by atoms with Crippen LogP contribution in [0.4, 0.5) is 0 Å². The molecule has 0 saturated heterocycles. The van der Waals surface area contributed by atoms with Gasteiger partial charge in [-0.05, 0) is 30.3 Å². The number of phenolic OH excluding ortho intramolecular Hbond substituents is 2. The summed E-state index contributed by atoms with van der Waals surface area (Å²) in [4.78, 5) is 2.18. The third-order valence-electron chi connectivity index (χ3n) is 3.98. The van der Waals surface area contributed by atoms with Crippen LogP contribution in [0.15, 0.2) is 36.4 Å². The summed E-state index contributed by atoms with van der Waals surface area (Å²) in [5.41, 5.74) is 4.63. The van der Waals surface area contributed by atoms with Crippen LogP contribution >= 0.6 is 0 Å². The number of rotatable bonds is 0. The summed E-state index contributed by atoms with van der Waals surface area (Å²) in [5.74, 6) is 0.856. The van der Waals surface area contributed by atoms with Gasteiger partial charge in [0.2, 0.25) is 0 Å². The Labute approximate surface area is 124 Å². The van der Waals surface area contributed by atoms with E-state index in [1.165, 1.54) is 11.1 Å². The second kappa shape index (κ2) is 5.76. The highest BCUT2D eigenvalue weighted by Crippen LogP contribution is 2.28. The molecule has 0 aliphatic carbocycles. The van der Waals surface area contributed by atoms with Crippen molar-refractivity contribution < 1.29 is 10.2 Å². The van der Waals surface area contributed by atoms with Crippen LogP contribution in [0.25, 0.3) is 0 Å². The van der Waals surface area contributed by atoms with Crippen LogP contribution in [-0.2, 0) is 26.2 Å². The molecule has 2 aromatic carbocycles. The molecule has 3 N–H and O–H groups in total. The average molecular weight is 284 g/mol. The maximum absolute atomic E-state index is 9.42. The van der Waals surface area contributed by atoms with Crippen LogP contribution in [0, 0.1) is 0 Å². The quantitative estimate of drug-likeness (QED) is 0.695. The Morgan fingerprint density at radius 1 is 0.857 bits per heavy atom. The van der Waals surface area contributed by atoms with Crippen molar-refractivity contribution in [3.8, 4) is 11.5 Å². The van der Waals surface area contributed by atoms with Crippen LogP contribution in [0.1, 0.15) is 22.3 Å². The highest BCUT2D eigenvalue weighted by molar-refractivity contribution is 5.42. The molecule has 0 spiro atoms. The van der Waals surface area contributed by atoms with Gasteiger partial charge in [0.05, 0.1) is 0 Å². The van der Waals surface area contributed by atoms with E-state index in [0.29, 0.717) is 11.5 Å². The van der Waals surface area contributed by atoms with Crippen LogP contribution in [-0.4, -0.2) is 22.2 Å². The summed E-state index contributed by atoms with van der Waals surface area (Å²) in [6.07, 6.45) is 0. The fourth-order valence-corrected chi connectivity index (χ4v) is 2.88. The van der Waals surface area contributed by atoms with Gasteiger partial charge in [-0.25, -0.2) is 0 Å². The predicted octanol–water partition coefficient (Wildman–Crippen LogP) is 2.33. The van der Waals surface area contributed by atoms with Crippen molar-refractivity contribution in [2.24, 2.45) is 0 Å². The monoisotopic (exact) mass is 284 g/mol. The second-order valence-electron chi connectivity index (χ2n) is 5.61. The molecule has 110 valence electrons. The molecule has 0 aromatic heterocycles. The summed E-state index contributed by atoms with van der Waals surface area (Å²) in [6, 6.07) is 11.4. The number of aromatic hydroxyl groups is 2. The Morgan fingerprint density at radius 2 is 1.52 bits per heavy atom. The van der Waals surface area contributed by atoms with Gasteiger partial charge in [0.15, 0.2) is 0 Å². The van der Waals surface area contributed by atoms with Gasteiger partial charge in [-0.15, -0.1) is 0 Å². The molecular weight excluding hydrogens is 264 g/mol. The third kappa shape index (κ3) is 2.86. The molecule has 0 fully saturated rings.